The van der Waals surface area contributed by atoms with Gasteiger partial charge in [-0.2, -0.15) is 0 Å². The summed E-state index contributed by atoms with van der Waals surface area (Å²) in [6, 6.07) is 9.60. The summed E-state index contributed by atoms with van der Waals surface area (Å²) in [5, 5.41) is 5.11. The van der Waals surface area contributed by atoms with Gasteiger partial charge >= 0.3 is 5.97 Å². The Morgan fingerprint density at radius 2 is 1.82 bits per heavy atom. The summed E-state index contributed by atoms with van der Waals surface area (Å²) in [6.07, 6.45) is 6.07. The number of allylic oxidation sites excluding steroid dienone is 1. The summed E-state index contributed by atoms with van der Waals surface area (Å²) >= 11 is 1.25. The Hall–Kier alpha value is -4.12. The van der Waals surface area contributed by atoms with Gasteiger partial charge in [0.05, 0.1) is 0 Å². The van der Waals surface area contributed by atoms with Gasteiger partial charge in [-0.3, -0.25) is 28.9 Å². The van der Waals surface area contributed by atoms with Gasteiger partial charge in [-0.25, -0.2) is 4.98 Å². The van der Waals surface area contributed by atoms with Crippen molar-refractivity contribution in [1.29, 1.82) is 0 Å². The minimum Gasteiger partial charge on any atom is -0.455 e. The zero-order valence-electron chi connectivity index (χ0n) is 29.6. The van der Waals surface area contributed by atoms with Gasteiger partial charge in [-0.15, -0.1) is 11.3 Å². The molecule has 49 heavy (non-hydrogen) atoms. The highest BCUT2D eigenvalue weighted by Crippen LogP contribution is 2.32. The summed E-state index contributed by atoms with van der Waals surface area (Å²) < 4.78 is 5.80. The van der Waals surface area contributed by atoms with Crippen LogP contribution in [0.4, 0.5) is 0 Å². The van der Waals surface area contributed by atoms with Gasteiger partial charge in [0.1, 0.15) is 10.7 Å². The maximum Gasteiger partial charge on any atom is 0.303 e. The predicted molar refractivity (Wildman–Crippen MR) is 190 cm³/mol. The summed E-state index contributed by atoms with van der Waals surface area (Å²) in [4.78, 5) is 73.0. The van der Waals surface area contributed by atoms with Gasteiger partial charge in [0, 0.05) is 62.0 Å². The molecule has 4 rings (SSSR count). The molecule has 0 saturated carbocycles. The number of aromatic nitrogens is 1. The van der Waals surface area contributed by atoms with E-state index in [9.17, 15) is 24.0 Å². The quantitative estimate of drug-likeness (QED) is 0.151. The molecule has 264 valence electrons. The van der Waals surface area contributed by atoms with E-state index in [-0.39, 0.29) is 66.1 Å². The third-order valence-electron chi connectivity index (χ3n) is 9.37. The zero-order chi connectivity index (χ0) is 35.7. The van der Waals surface area contributed by atoms with E-state index in [1.54, 1.807) is 11.5 Å². The predicted octanol–water partition coefficient (Wildman–Crippen LogP) is 6.37. The summed E-state index contributed by atoms with van der Waals surface area (Å²) in [7, 11) is 0. The molecule has 1 aliphatic carbocycles. The van der Waals surface area contributed by atoms with Crippen LogP contribution in [0.2, 0.25) is 0 Å². The monoisotopic (exact) mass is 690 g/mol. The fraction of sp³-hybridized carbons (Fsp3) is 0.526. The van der Waals surface area contributed by atoms with Crippen LogP contribution in [0.25, 0.3) is 0 Å². The molecule has 2 aromatic rings. The van der Waals surface area contributed by atoms with E-state index < -0.39 is 12.1 Å². The fourth-order valence-electron chi connectivity index (χ4n) is 6.28. The molecule has 1 aliphatic heterocycles. The molecule has 11 heteroatoms. The number of nitrogens with one attached hydrogen (secondary N) is 1. The molecule has 0 saturated heterocycles. The summed E-state index contributed by atoms with van der Waals surface area (Å²) in [5.41, 5.74) is 2.42. The first kappa shape index (κ1) is 37.7. The molecule has 0 unspecified atom stereocenters. The maximum absolute atomic E-state index is 13.9. The molecule has 0 bridgehead atoms. The minimum atomic E-state index is -0.775. The molecule has 10 nitrogen and oxygen atoms in total. The second-order valence-electron chi connectivity index (χ2n) is 13.5. The van der Waals surface area contributed by atoms with E-state index in [1.807, 2.05) is 75.9 Å². The Labute approximate surface area is 294 Å². The molecule has 0 radical (unpaired) electrons. The molecule has 2 aliphatic rings. The number of ether oxygens (including phenoxy) is 1. The van der Waals surface area contributed by atoms with Gasteiger partial charge in [-0.05, 0) is 42.6 Å². The van der Waals surface area contributed by atoms with Crippen LogP contribution in [0, 0.1) is 11.8 Å². The van der Waals surface area contributed by atoms with Crippen molar-refractivity contribution in [3.63, 3.8) is 0 Å². The fourth-order valence-corrected chi connectivity index (χ4v) is 7.12. The number of benzene rings is 1. The third-order valence-corrected chi connectivity index (χ3v) is 10.3. The Balaban J connectivity index is 1.49. The topological polar surface area (TPSA) is 126 Å². The Kier molecular flexibility index (Phi) is 13.5. The average Bonchev–Trinajstić information content (AvgIpc) is 3.67. The van der Waals surface area contributed by atoms with Crippen LogP contribution in [-0.4, -0.2) is 70.1 Å². The molecular formula is C38H50N4O6S. The summed E-state index contributed by atoms with van der Waals surface area (Å²) in [6.45, 7) is 12.5. The first-order chi connectivity index (χ1) is 23.4. The number of hydrogen-bond acceptors (Lipinski definition) is 8. The van der Waals surface area contributed by atoms with Crippen molar-refractivity contribution in [1.82, 2.24) is 20.1 Å². The van der Waals surface area contributed by atoms with E-state index in [4.69, 9.17) is 4.74 Å². The lowest BCUT2D eigenvalue weighted by Gasteiger charge is -2.37. The van der Waals surface area contributed by atoms with E-state index >= 15 is 0 Å². The molecule has 4 atom stereocenters. The van der Waals surface area contributed by atoms with Crippen molar-refractivity contribution in [3.05, 3.63) is 75.3 Å². The molecule has 1 aromatic heterocycles. The first-order valence-electron chi connectivity index (χ1n) is 17.4. The highest BCUT2D eigenvalue weighted by atomic mass is 32.1. The molecule has 1 aromatic carbocycles. The number of esters is 1. The standard InChI is InChI=1S/C38H50N4O6S/c1-7-25(4)20-34(44)41(18-13-19-42-37(46)29-16-11-12-17-30(29)38(42)47)32(24(2)3)21-33(48-27(6)43)36-40-31(23-49-36)35(45)39-22-26(5)28-14-9-8-10-15-28/h8-11,14-16,23-26,32-33H,7,12-13,17-22H2,1-6H3,(H,39,45)/t25-,26+,32+,33+/m0/s1. The van der Waals surface area contributed by atoms with Gasteiger partial charge < -0.3 is 15.0 Å². The van der Waals surface area contributed by atoms with Crippen molar-refractivity contribution < 1.29 is 28.7 Å². The molecule has 2 heterocycles. The Morgan fingerprint density at radius 3 is 2.47 bits per heavy atom. The number of rotatable bonds is 17. The van der Waals surface area contributed by atoms with Gasteiger partial charge in [0.25, 0.3) is 17.7 Å². The van der Waals surface area contributed by atoms with Crippen molar-refractivity contribution in [2.45, 2.75) is 98.1 Å². The number of carbonyl (C=O) groups is 5. The van der Waals surface area contributed by atoms with Crippen molar-refractivity contribution in [2.75, 3.05) is 19.6 Å². The SMILES string of the molecule is CC[C@H](C)CC(=O)N(CCCN1C(=O)C2=C(CCC=C2)C1=O)[C@H](C[C@@H](OC(C)=O)c1nc(C(=O)NC[C@@H](C)c2ccccc2)cs1)C(C)C. The van der Waals surface area contributed by atoms with Crippen LogP contribution < -0.4 is 5.32 Å². The third kappa shape index (κ3) is 9.74. The molecule has 1 N–H and O–H groups in total. The number of hydrogen-bond donors (Lipinski definition) is 1. The zero-order valence-corrected chi connectivity index (χ0v) is 30.4. The number of imide groups is 1. The number of nitrogens with zero attached hydrogens (tertiary/aromatic N) is 3. The smallest absolute Gasteiger partial charge is 0.303 e. The van der Waals surface area contributed by atoms with Crippen molar-refractivity contribution in [3.8, 4) is 0 Å². The van der Waals surface area contributed by atoms with Crippen LogP contribution in [0.1, 0.15) is 113 Å². The maximum atomic E-state index is 13.9. The molecule has 4 amide bonds. The summed E-state index contributed by atoms with van der Waals surface area (Å²) in [5.74, 6) is -1.08. The molecule has 0 spiro atoms. The normalized spacial score (nSPS) is 16.8. The Morgan fingerprint density at radius 1 is 1.08 bits per heavy atom. The highest BCUT2D eigenvalue weighted by molar-refractivity contribution is 7.09. The average molecular weight is 691 g/mol. The van der Waals surface area contributed by atoms with E-state index in [0.29, 0.717) is 48.5 Å². The van der Waals surface area contributed by atoms with Crippen LogP contribution >= 0.6 is 11.3 Å². The van der Waals surface area contributed by atoms with Crippen LogP contribution in [0.15, 0.2) is 59.0 Å². The van der Waals surface area contributed by atoms with Gasteiger partial charge in [-0.1, -0.05) is 83.5 Å². The van der Waals surface area contributed by atoms with Crippen LogP contribution in [0.3, 0.4) is 0 Å². The second-order valence-corrected chi connectivity index (χ2v) is 14.4. The first-order valence-corrected chi connectivity index (χ1v) is 18.3. The second kappa shape index (κ2) is 17.5. The largest absolute Gasteiger partial charge is 0.455 e. The van der Waals surface area contributed by atoms with Crippen molar-refractivity contribution >= 4 is 40.9 Å². The highest BCUT2D eigenvalue weighted by Gasteiger charge is 2.38. The van der Waals surface area contributed by atoms with Crippen LogP contribution in [0.5, 0.6) is 0 Å². The number of carbonyl (C=O) groups excluding carboxylic acids is 5. The number of thiazole rings is 1. The minimum absolute atomic E-state index is 0.0182. The molecule has 0 fully saturated rings. The van der Waals surface area contributed by atoms with E-state index in [2.05, 4.69) is 10.3 Å². The van der Waals surface area contributed by atoms with E-state index in [1.165, 1.54) is 23.2 Å². The molecular weight excluding hydrogens is 641 g/mol. The van der Waals surface area contributed by atoms with Gasteiger partial charge in [0.2, 0.25) is 5.91 Å². The van der Waals surface area contributed by atoms with Crippen LogP contribution in [-0.2, 0) is 23.9 Å². The lowest BCUT2D eigenvalue weighted by atomic mass is 9.94. The Bertz CT molecular complexity index is 1560. The lowest BCUT2D eigenvalue weighted by Crippen LogP contribution is -2.46. The lowest BCUT2D eigenvalue weighted by molar-refractivity contribution is -0.148. The van der Waals surface area contributed by atoms with Gasteiger partial charge in [0.15, 0.2) is 6.10 Å². The van der Waals surface area contributed by atoms with Crippen molar-refractivity contribution in [2.24, 2.45) is 11.8 Å². The number of amides is 4. The van der Waals surface area contributed by atoms with E-state index in [0.717, 1.165) is 18.4 Å².